The van der Waals surface area contributed by atoms with E-state index in [4.69, 9.17) is 8.29 Å². The molecule has 0 unspecified atom stereocenters. The SMILES string of the molecule is CC[CH2][Zr]([OH])[CH2]C(=O)O. The maximum atomic E-state index is 9.97. The van der Waals surface area contributed by atoms with E-state index in [2.05, 4.69) is 0 Å². The Morgan fingerprint density at radius 1 is 1.67 bits per heavy atom. The van der Waals surface area contributed by atoms with Gasteiger partial charge in [0.05, 0.1) is 0 Å². The van der Waals surface area contributed by atoms with E-state index in [-0.39, 0.29) is 4.13 Å². The molecule has 0 rings (SSSR count). The second-order valence-electron chi connectivity index (χ2n) is 1.89. The van der Waals surface area contributed by atoms with Crippen LogP contribution in [0.4, 0.5) is 0 Å². The summed E-state index contributed by atoms with van der Waals surface area (Å²) in [6.07, 6.45) is 0.915. The molecule has 0 saturated heterocycles. The van der Waals surface area contributed by atoms with Gasteiger partial charge in [0.2, 0.25) is 0 Å². The van der Waals surface area contributed by atoms with Gasteiger partial charge < -0.3 is 0 Å². The van der Waals surface area contributed by atoms with Crippen molar-refractivity contribution in [3.8, 4) is 0 Å². The van der Waals surface area contributed by atoms with Crippen molar-refractivity contribution in [3.05, 3.63) is 0 Å². The fourth-order valence-electron chi connectivity index (χ4n) is 0.552. The number of hydrogen-bond acceptors (Lipinski definition) is 2. The predicted molar refractivity (Wildman–Crippen MR) is 29.8 cm³/mol. The molecule has 0 bridgehead atoms. The third-order valence-corrected chi connectivity index (χ3v) is 5.29. The molecule has 0 heterocycles. The Kier molecular flexibility index (Phi) is 5.30. The fraction of sp³-hybridized carbons (Fsp3) is 0.800. The number of hydrogen-bond donors (Lipinski definition) is 2. The van der Waals surface area contributed by atoms with Crippen LogP contribution in [0.15, 0.2) is 0 Å². The molecule has 3 nitrogen and oxygen atoms in total. The zero-order chi connectivity index (χ0) is 7.28. The predicted octanol–water partition coefficient (Wildman–Crippen LogP) is 0.843. The molecule has 0 atom stereocenters. The van der Waals surface area contributed by atoms with Gasteiger partial charge in [-0.05, 0) is 0 Å². The molecule has 0 saturated carbocycles. The summed E-state index contributed by atoms with van der Waals surface area (Å²) in [6, 6.07) is 0. The Morgan fingerprint density at radius 2 is 2.22 bits per heavy atom. The minimum absolute atomic E-state index is 0.0656. The van der Waals surface area contributed by atoms with Gasteiger partial charge >= 0.3 is 62.8 Å². The monoisotopic (exact) mass is 209 g/mol. The Hall–Kier alpha value is 0.313. The molecule has 53 valence electrons. The van der Waals surface area contributed by atoms with Gasteiger partial charge in [-0.15, -0.1) is 0 Å². The molecule has 4 heteroatoms. The van der Waals surface area contributed by atoms with Crippen LogP contribution in [0.2, 0.25) is 8.26 Å². The van der Waals surface area contributed by atoms with Crippen LogP contribution in [-0.4, -0.2) is 14.3 Å². The normalized spacial score (nSPS) is 9.11. The zero-order valence-electron chi connectivity index (χ0n) is 5.42. The molecule has 0 fully saturated rings. The number of carboxylic acid groups (broad SMARTS) is 1. The number of aliphatic carboxylic acids is 1. The first-order valence-corrected chi connectivity index (χ1v) is 7.49. The van der Waals surface area contributed by atoms with Crippen LogP contribution < -0.4 is 0 Å². The summed E-state index contributed by atoms with van der Waals surface area (Å²) in [4.78, 5) is 9.97. The second kappa shape index (κ2) is 5.13. The number of carboxylic acids is 1. The molecular weight excluding hydrogens is 199 g/mol. The van der Waals surface area contributed by atoms with Crippen LogP contribution in [0.1, 0.15) is 13.3 Å². The molecule has 0 aliphatic carbocycles. The summed E-state index contributed by atoms with van der Waals surface area (Å²) in [5.41, 5.74) is 0. The first-order chi connectivity index (χ1) is 4.16. The first-order valence-electron chi connectivity index (χ1n) is 2.92. The summed E-state index contributed by atoms with van der Waals surface area (Å²) >= 11 is -2.36. The summed E-state index contributed by atoms with van der Waals surface area (Å²) in [7, 11) is 0. The second-order valence-corrected chi connectivity index (χ2v) is 6.77. The standard InChI is InChI=1S/C3H7.C2H3O2.H2O.Zr/c1-3-2;1-2(3)4;;/h1,3H2,2H3;1H2,(H,3,4);1H2;/q;;;+1/p-1. The van der Waals surface area contributed by atoms with Gasteiger partial charge in [0.25, 0.3) is 0 Å². The van der Waals surface area contributed by atoms with E-state index in [0.29, 0.717) is 0 Å². The molecule has 0 aromatic heterocycles. The molecular formula is C5H11O3Zr. The van der Waals surface area contributed by atoms with Crippen molar-refractivity contribution >= 4 is 5.97 Å². The van der Waals surface area contributed by atoms with E-state index in [1.807, 2.05) is 6.92 Å². The molecule has 2 N–H and O–H groups in total. The molecule has 0 aliphatic rings. The minimum atomic E-state index is -2.36. The molecule has 0 spiro atoms. The van der Waals surface area contributed by atoms with Crippen LogP contribution in [0, 0.1) is 0 Å². The van der Waals surface area contributed by atoms with E-state index < -0.39 is 28.2 Å². The van der Waals surface area contributed by atoms with Gasteiger partial charge in [0.1, 0.15) is 0 Å². The molecule has 0 aliphatic heterocycles. The van der Waals surface area contributed by atoms with Crippen LogP contribution in [-0.2, 0) is 27.0 Å². The number of carbonyl (C=O) groups is 1. The van der Waals surface area contributed by atoms with Gasteiger partial charge in [-0.2, -0.15) is 0 Å². The van der Waals surface area contributed by atoms with Gasteiger partial charge in [0.15, 0.2) is 0 Å². The summed E-state index contributed by atoms with van der Waals surface area (Å²) in [6.45, 7) is 1.96. The van der Waals surface area contributed by atoms with E-state index >= 15 is 0 Å². The molecule has 0 amide bonds. The van der Waals surface area contributed by atoms with Crippen molar-refractivity contribution in [2.45, 2.75) is 21.6 Å². The quantitative estimate of drug-likeness (QED) is 0.723. The fourth-order valence-corrected chi connectivity index (χ4v) is 3.26. The van der Waals surface area contributed by atoms with Gasteiger partial charge in [-0.1, -0.05) is 0 Å². The van der Waals surface area contributed by atoms with E-state index in [1.54, 1.807) is 0 Å². The molecule has 9 heavy (non-hydrogen) atoms. The Bertz CT molecular complexity index is 94.2. The average Bonchev–Trinajstić information content (AvgIpc) is 1.63. The Balaban J connectivity index is 3.26. The first kappa shape index (κ1) is 9.31. The Morgan fingerprint density at radius 3 is 2.56 bits per heavy atom. The van der Waals surface area contributed by atoms with Crippen LogP contribution in [0.3, 0.4) is 0 Å². The van der Waals surface area contributed by atoms with Crippen molar-refractivity contribution in [2.24, 2.45) is 0 Å². The van der Waals surface area contributed by atoms with Crippen LogP contribution in [0.5, 0.6) is 0 Å². The van der Waals surface area contributed by atoms with Gasteiger partial charge in [0, 0.05) is 0 Å². The van der Waals surface area contributed by atoms with E-state index in [9.17, 15) is 4.79 Å². The van der Waals surface area contributed by atoms with Crippen molar-refractivity contribution < 1.29 is 35.3 Å². The van der Waals surface area contributed by atoms with Gasteiger partial charge in [-0.25, -0.2) is 0 Å². The third-order valence-electron chi connectivity index (χ3n) is 0.894. The van der Waals surface area contributed by atoms with E-state index in [0.717, 1.165) is 10.5 Å². The van der Waals surface area contributed by atoms with E-state index in [1.165, 1.54) is 0 Å². The van der Waals surface area contributed by atoms with Crippen molar-refractivity contribution in [2.75, 3.05) is 0 Å². The average molecular weight is 210 g/mol. The maximum absolute atomic E-state index is 9.97. The van der Waals surface area contributed by atoms with Gasteiger partial charge in [-0.3, -0.25) is 0 Å². The molecule has 0 aromatic rings. The van der Waals surface area contributed by atoms with Crippen LogP contribution >= 0.6 is 0 Å². The van der Waals surface area contributed by atoms with Crippen LogP contribution in [0.25, 0.3) is 0 Å². The van der Waals surface area contributed by atoms with Crippen molar-refractivity contribution in [1.82, 2.24) is 0 Å². The summed E-state index contributed by atoms with van der Waals surface area (Å²) in [5.74, 6) is -0.847. The molecule has 0 aromatic carbocycles. The molecule has 0 radical (unpaired) electrons. The topological polar surface area (TPSA) is 57.5 Å². The summed E-state index contributed by atoms with van der Waals surface area (Å²) in [5, 5.41) is 8.20. The van der Waals surface area contributed by atoms with Crippen molar-refractivity contribution in [3.63, 3.8) is 0 Å². The van der Waals surface area contributed by atoms with Crippen molar-refractivity contribution in [1.29, 1.82) is 0 Å². The summed E-state index contributed by atoms with van der Waals surface area (Å²) < 4.78 is 9.87. The third kappa shape index (κ3) is 6.20. The zero-order valence-corrected chi connectivity index (χ0v) is 7.88. The number of rotatable bonds is 4. The Labute approximate surface area is 63.0 Å².